The van der Waals surface area contributed by atoms with Gasteiger partial charge in [0.2, 0.25) is 0 Å². The molecule has 19 heavy (non-hydrogen) atoms. The van der Waals surface area contributed by atoms with Gasteiger partial charge in [0, 0.05) is 6.54 Å². The van der Waals surface area contributed by atoms with Crippen LogP contribution in [0.5, 0.6) is 0 Å². The summed E-state index contributed by atoms with van der Waals surface area (Å²) in [4.78, 5) is 25.1. The number of amides is 1. The third-order valence-corrected chi connectivity index (χ3v) is 3.79. The van der Waals surface area contributed by atoms with E-state index in [4.69, 9.17) is 4.74 Å². The van der Waals surface area contributed by atoms with Crippen molar-refractivity contribution in [2.45, 2.75) is 58.1 Å². The summed E-state index contributed by atoms with van der Waals surface area (Å²) >= 11 is 0. The van der Waals surface area contributed by atoms with E-state index in [9.17, 15) is 14.7 Å². The maximum absolute atomic E-state index is 12.2. The Morgan fingerprint density at radius 3 is 2.32 bits per heavy atom. The standard InChI is InChI=1S/C14H23NO4/c1-14(2,3)19-13(18)15-8-4-5-10(9-6-7-9)11(15)12(16)17/h9-11H,4-8H2,1-3H3,(H,16,17). The van der Waals surface area contributed by atoms with E-state index in [1.807, 2.05) is 0 Å². The fourth-order valence-corrected chi connectivity index (χ4v) is 2.89. The van der Waals surface area contributed by atoms with Crippen LogP contribution in [0.1, 0.15) is 46.5 Å². The van der Waals surface area contributed by atoms with Gasteiger partial charge in [0.1, 0.15) is 11.6 Å². The van der Waals surface area contributed by atoms with Crippen molar-refractivity contribution in [3.8, 4) is 0 Å². The molecule has 0 aromatic heterocycles. The molecule has 2 unspecified atom stereocenters. The van der Waals surface area contributed by atoms with Gasteiger partial charge < -0.3 is 9.84 Å². The summed E-state index contributed by atoms with van der Waals surface area (Å²) < 4.78 is 5.33. The summed E-state index contributed by atoms with van der Waals surface area (Å²) in [6.45, 7) is 5.87. The van der Waals surface area contributed by atoms with Crippen molar-refractivity contribution in [2.24, 2.45) is 11.8 Å². The van der Waals surface area contributed by atoms with Crippen LogP contribution in [0.25, 0.3) is 0 Å². The predicted molar refractivity (Wildman–Crippen MR) is 69.8 cm³/mol. The first-order chi connectivity index (χ1) is 8.79. The number of aliphatic carboxylic acids is 1. The molecule has 1 aliphatic heterocycles. The summed E-state index contributed by atoms with van der Waals surface area (Å²) in [5.74, 6) is -0.326. The molecule has 1 amide bonds. The average Bonchev–Trinajstić information content (AvgIpc) is 3.09. The molecule has 0 aromatic rings. The summed E-state index contributed by atoms with van der Waals surface area (Å²) in [6.07, 6.45) is 3.46. The molecule has 2 fully saturated rings. The maximum Gasteiger partial charge on any atom is 0.411 e. The number of piperidine rings is 1. The second-order valence-corrected chi connectivity index (χ2v) is 6.60. The van der Waals surface area contributed by atoms with Crippen LogP contribution in [-0.4, -0.2) is 40.3 Å². The van der Waals surface area contributed by atoms with Crippen LogP contribution in [0.2, 0.25) is 0 Å². The van der Waals surface area contributed by atoms with E-state index >= 15 is 0 Å². The van der Waals surface area contributed by atoms with Gasteiger partial charge >= 0.3 is 12.1 Å². The molecule has 5 heteroatoms. The molecule has 1 aliphatic carbocycles. The van der Waals surface area contributed by atoms with Gasteiger partial charge in [-0.05, 0) is 58.3 Å². The van der Waals surface area contributed by atoms with Crippen LogP contribution in [0.4, 0.5) is 4.79 Å². The molecule has 108 valence electrons. The Balaban J connectivity index is 2.12. The van der Waals surface area contributed by atoms with Crippen LogP contribution in [0.3, 0.4) is 0 Å². The zero-order valence-corrected chi connectivity index (χ0v) is 11.9. The fraction of sp³-hybridized carbons (Fsp3) is 0.857. The normalized spacial score (nSPS) is 28.1. The second-order valence-electron chi connectivity index (χ2n) is 6.60. The number of nitrogens with zero attached hydrogens (tertiary/aromatic N) is 1. The number of rotatable bonds is 2. The Bertz CT molecular complexity index is 370. The molecule has 2 rings (SSSR count). The number of hydrogen-bond donors (Lipinski definition) is 1. The highest BCUT2D eigenvalue weighted by atomic mass is 16.6. The number of carbonyl (C=O) groups is 2. The van der Waals surface area contributed by atoms with Crippen molar-refractivity contribution in [1.29, 1.82) is 0 Å². The van der Waals surface area contributed by atoms with Gasteiger partial charge in [-0.1, -0.05) is 0 Å². The lowest BCUT2D eigenvalue weighted by Gasteiger charge is -2.39. The van der Waals surface area contributed by atoms with Gasteiger partial charge in [-0.25, -0.2) is 9.59 Å². The summed E-state index contributed by atoms with van der Waals surface area (Å²) in [5.41, 5.74) is -0.591. The van der Waals surface area contributed by atoms with Crippen LogP contribution in [0.15, 0.2) is 0 Å². The Morgan fingerprint density at radius 2 is 1.84 bits per heavy atom. The van der Waals surface area contributed by atoms with Crippen molar-refractivity contribution in [3.05, 3.63) is 0 Å². The monoisotopic (exact) mass is 269 g/mol. The van der Waals surface area contributed by atoms with Gasteiger partial charge in [0.25, 0.3) is 0 Å². The van der Waals surface area contributed by atoms with Crippen molar-refractivity contribution in [2.75, 3.05) is 6.54 Å². The minimum atomic E-state index is -0.901. The maximum atomic E-state index is 12.2. The first kappa shape index (κ1) is 14.2. The highest BCUT2D eigenvalue weighted by Crippen LogP contribution is 2.44. The number of carboxylic acids is 1. The number of carbonyl (C=O) groups excluding carboxylic acids is 1. The van der Waals surface area contributed by atoms with Crippen LogP contribution in [-0.2, 0) is 9.53 Å². The van der Waals surface area contributed by atoms with Crippen molar-refractivity contribution >= 4 is 12.1 Å². The van der Waals surface area contributed by atoms with E-state index in [0.717, 1.165) is 25.7 Å². The molecule has 0 aromatic carbocycles. The Hall–Kier alpha value is -1.26. The fourth-order valence-electron chi connectivity index (χ4n) is 2.89. The summed E-state index contributed by atoms with van der Waals surface area (Å²) in [7, 11) is 0. The lowest BCUT2D eigenvalue weighted by Crippen LogP contribution is -2.54. The molecular formula is C14H23NO4. The molecule has 1 heterocycles. The highest BCUT2D eigenvalue weighted by molar-refractivity contribution is 5.81. The Labute approximate surface area is 113 Å². The molecule has 0 bridgehead atoms. The quantitative estimate of drug-likeness (QED) is 0.836. The molecule has 1 saturated carbocycles. The molecule has 0 radical (unpaired) electrons. The van der Waals surface area contributed by atoms with Gasteiger partial charge in [-0.3, -0.25) is 4.90 Å². The smallest absolute Gasteiger partial charge is 0.411 e. The third-order valence-electron chi connectivity index (χ3n) is 3.79. The van der Waals surface area contributed by atoms with E-state index in [2.05, 4.69) is 0 Å². The lowest BCUT2D eigenvalue weighted by atomic mass is 9.85. The first-order valence-electron chi connectivity index (χ1n) is 7.02. The Morgan fingerprint density at radius 1 is 1.21 bits per heavy atom. The lowest BCUT2D eigenvalue weighted by molar-refractivity contribution is -0.147. The average molecular weight is 269 g/mol. The largest absolute Gasteiger partial charge is 0.480 e. The Kier molecular flexibility index (Phi) is 3.74. The summed E-state index contributed by atoms with van der Waals surface area (Å²) in [6, 6.07) is -0.712. The number of likely N-dealkylation sites (tertiary alicyclic amines) is 1. The van der Waals surface area contributed by atoms with E-state index < -0.39 is 23.7 Å². The molecule has 0 spiro atoms. The molecule has 1 saturated heterocycles. The SMILES string of the molecule is CC(C)(C)OC(=O)N1CCCC(C2CC2)C1C(=O)O. The van der Waals surface area contributed by atoms with Gasteiger partial charge in [-0.2, -0.15) is 0 Å². The van der Waals surface area contributed by atoms with E-state index in [1.54, 1.807) is 20.8 Å². The minimum absolute atomic E-state index is 0.0961. The van der Waals surface area contributed by atoms with Crippen molar-refractivity contribution in [1.82, 2.24) is 4.90 Å². The van der Waals surface area contributed by atoms with Crippen LogP contribution >= 0.6 is 0 Å². The molecule has 2 atom stereocenters. The van der Waals surface area contributed by atoms with Gasteiger partial charge in [0.05, 0.1) is 0 Å². The molecular weight excluding hydrogens is 246 g/mol. The van der Waals surface area contributed by atoms with E-state index in [0.29, 0.717) is 12.5 Å². The predicted octanol–water partition coefficient (Wildman–Crippen LogP) is 2.50. The van der Waals surface area contributed by atoms with Crippen molar-refractivity contribution < 1.29 is 19.4 Å². The van der Waals surface area contributed by atoms with Gasteiger partial charge in [0.15, 0.2) is 0 Å². The van der Waals surface area contributed by atoms with E-state index in [-0.39, 0.29) is 5.92 Å². The number of carboxylic acid groups (broad SMARTS) is 1. The third kappa shape index (κ3) is 3.39. The van der Waals surface area contributed by atoms with Crippen LogP contribution in [0, 0.1) is 11.8 Å². The van der Waals surface area contributed by atoms with E-state index in [1.165, 1.54) is 4.90 Å². The zero-order valence-electron chi connectivity index (χ0n) is 11.9. The highest BCUT2D eigenvalue weighted by Gasteiger charge is 2.47. The van der Waals surface area contributed by atoms with Gasteiger partial charge in [-0.15, -0.1) is 0 Å². The molecule has 5 nitrogen and oxygen atoms in total. The second kappa shape index (κ2) is 5.02. The number of ether oxygens (including phenoxy) is 1. The molecule has 2 aliphatic rings. The zero-order chi connectivity index (χ0) is 14.2. The topological polar surface area (TPSA) is 66.8 Å². The number of hydrogen-bond acceptors (Lipinski definition) is 3. The van der Waals surface area contributed by atoms with Crippen LogP contribution < -0.4 is 0 Å². The molecule has 1 N–H and O–H groups in total. The first-order valence-corrected chi connectivity index (χ1v) is 7.02. The van der Waals surface area contributed by atoms with Crippen molar-refractivity contribution in [3.63, 3.8) is 0 Å². The minimum Gasteiger partial charge on any atom is -0.480 e. The summed E-state index contributed by atoms with van der Waals surface area (Å²) in [5, 5.41) is 9.45.